The lowest BCUT2D eigenvalue weighted by molar-refractivity contribution is -0.00618. The van der Waals surface area contributed by atoms with Crippen LogP contribution in [0.25, 0.3) is 11.1 Å². The Bertz CT molecular complexity index is 1350. The number of piperidine rings is 1. The van der Waals surface area contributed by atoms with Gasteiger partial charge in [-0.05, 0) is 34.9 Å². The van der Waals surface area contributed by atoms with Gasteiger partial charge in [-0.25, -0.2) is 4.79 Å². The second-order valence-corrected chi connectivity index (χ2v) is 10.0. The molecular formula is C32H31N3O3. The molecule has 1 N–H and O–H groups in total. The zero-order valence-corrected chi connectivity index (χ0v) is 21.3. The van der Waals surface area contributed by atoms with Crippen LogP contribution in [0.1, 0.15) is 35.7 Å². The number of pyridine rings is 1. The summed E-state index contributed by atoms with van der Waals surface area (Å²) >= 11 is 0. The molecule has 1 amide bonds. The van der Waals surface area contributed by atoms with Crippen LogP contribution in [-0.4, -0.2) is 41.2 Å². The van der Waals surface area contributed by atoms with Crippen LogP contribution in [0.4, 0.5) is 4.79 Å². The third kappa shape index (κ3) is 5.27. The van der Waals surface area contributed by atoms with Crippen LogP contribution >= 0.6 is 0 Å². The number of aromatic nitrogens is 1. The molecule has 3 aromatic carbocycles. The summed E-state index contributed by atoms with van der Waals surface area (Å²) in [5.41, 5.74) is 5.24. The predicted octanol–water partition coefficient (Wildman–Crippen LogP) is 5.99. The predicted molar refractivity (Wildman–Crippen MR) is 147 cm³/mol. The first-order valence-corrected chi connectivity index (χ1v) is 13.2. The molecule has 6 rings (SSSR count). The molecule has 6 heteroatoms. The first-order valence-electron chi connectivity index (χ1n) is 13.2. The van der Waals surface area contributed by atoms with Crippen molar-refractivity contribution in [3.63, 3.8) is 0 Å². The number of amides is 1. The average molecular weight is 506 g/mol. The van der Waals surface area contributed by atoms with E-state index in [0.29, 0.717) is 13.2 Å². The number of hydrogen-bond donors (Lipinski definition) is 1. The fourth-order valence-electron chi connectivity index (χ4n) is 5.43. The van der Waals surface area contributed by atoms with Gasteiger partial charge in [-0.1, -0.05) is 78.9 Å². The van der Waals surface area contributed by atoms with Crippen molar-refractivity contribution >= 4 is 6.09 Å². The third-order valence-corrected chi connectivity index (χ3v) is 7.57. The van der Waals surface area contributed by atoms with Gasteiger partial charge in [0.1, 0.15) is 18.0 Å². The molecule has 0 aliphatic carbocycles. The monoisotopic (exact) mass is 505 g/mol. The summed E-state index contributed by atoms with van der Waals surface area (Å²) in [4.78, 5) is 18.7. The molecule has 4 aromatic rings. The van der Waals surface area contributed by atoms with E-state index in [1.807, 2.05) is 48.7 Å². The number of likely N-dealkylation sites (tertiary alicyclic amines) is 1. The standard InChI is InChI=1S/C32H31N3O3/c36-31-34-23-32(38-31)17-19-35(20-18-32)30(25-9-5-2-6-10-25)26-12-15-29(16-13-26)37-22-28-14-11-27(21-33-28)24-7-3-1-4-8-24/h1-16,21,30H,17-20,22-23H2,(H,34,36). The minimum Gasteiger partial charge on any atom is -0.487 e. The first-order chi connectivity index (χ1) is 18.7. The Morgan fingerprint density at radius 1 is 0.842 bits per heavy atom. The van der Waals surface area contributed by atoms with Crippen LogP contribution in [0.15, 0.2) is 103 Å². The van der Waals surface area contributed by atoms with Crippen molar-refractivity contribution < 1.29 is 14.3 Å². The molecule has 2 fully saturated rings. The number of carbonyl (C=O) groups excluding carboxylic acids is 1. The van der Waals surface area contributed by atoms with Crippen molar-refractivity contribution in [2.24, 2.45) is 0 Å². The summed E-state index contributed by atoms with van der Waals surface area (Å²) in [6.07, 6.45) is 3.25. The van der Waals surface area contributed by atoms with Gasteiger partial charge in [0.2, 0.25) is 0 Å². The second kappa shape index (κ2) is 10.7. The van der Waals surface area contributed by atoms with E-state index in [2.05, 4.69) is 69.8 Å². The molecule has 1 aromatic heterocycles. The van der Waals surface area contributed by atoms with Gasteiger partial charge < -0.3 is 14.8 Å². The van der Waals surface area contributed by atoms with Crippen LogP contribution in [0.5, 0.6) is 5.75 Å². The van der Waals surface area contributed by atoms with Gasteiger partial charge in [-0.3, -0.25) is 9.88 Å². The summed E-state index contributed by atoms with van der Waals surface area (Å²) in [5.74, 6) is 0.816. The minimum atomic E-state index is -0.361. The Morgan fingerprint density at radius 3 is 2.16 bits per heavy atom. The number of nitrogens with one attached hydrogen (secondary N) is 1. The van der Waals surface area contributed by atoms with Gasteiger partial charge in [0.05, 0.1) is 18.3 Å². The molecule has 38 heavy (non-hydrogen) atoms. The lowest BCUT2D eigenvalue weighted by Gasteiger charge is -2.41. The largest absolute Gasteiger partial charge is 0.487 e. The SMILES string of the molecule is O=C1NCC2(CCN(C(c3ccccc3)c3ccc(OCc4ccc(-c5ccccc5)cn4)cc3)CC2)O1. The number of carbonyl (C=O) groups is 1. The summed E-state index contributed by atoms with van der Waals surface area (Å²) in [5, 5.41) is 2.83. The number of ether oxygens (including phenoxy) is 2. The zero-order chi connectivity index (χ0) is 25.8. The van der Waals surface area contributed by atoms with E-state index in [0.717, 1.165) is 48.5 Å². The van der Waals surface area contributed by atoms with Crippen molar-refractivity contribution in [2.45, 2.75) is 31.1 Å². The molecule has 1 atom stereocenters. The molecule has 1 spiro atoms. The van der Waals surface area contributed by atoms with Crippen molar-refractivity contribution in [2.75, 3.05) is 19.6 Å². The van der Waals surface area contributed by atoms with Crippen molar-refractivity contribution in [1.82, 2.24) is 15.2 Å². The topological polar surface area (TPSA) is 63.7 Å². The van der Waals surface area contributed by atoms with E-state index in [1.54, 1.807) is 0 Å². The van der Waals surface area contributed by atoms with E-state index in [-0.39, 0.29) is 17.7 Å². The molecular weight excluding hydrogens is 474 g/mol. The summed E-state index contributed by atoms with van der Waals surface area (Å²) in [6.45, 7) is 2.73. The molecule has 2 saturated heterocycles. The fourth-order valence-corrected chi connectivity index (χ4v) is 5.43. The maximum absolute atomic E-state index is 11.7. The number of hydrogen-bond acceptors (Lipinski definition) is 5. The smallest absolute Gasteiger partial charge is 0.407 e. The highest BCUT2D eigenvalue weighted by atomic mass is 16.6. The van der Waals surface area contributed by atoms with Crippen LogP contribution in [0.2, 0.25) is 0 Å². The fraction of sp³-hybridized carbons (Fsp3) is 0.250. The lowest BCUT2D eigenvalue weighted by atomic mass is 9.88. The zero-order valence-electron chi connectivity index (χ0n) is 21.3. The van der Waals surface area contributed by atoms with Crippen LogP contribution in [0.3, 0.4) is 0 Å². The second-order valence-electron chi connectivity index (χ2n) is 10.0. The summed E-state index contributed by atoms with van der Waals surface area (Å²) in [7, 11) is 0. The van der Waals surface area contributed by atoms with Crippen molar-refractivity contribution in [1.29, 1.82) is 0 Å². The molecule has 2 aliphatic rings. The van der Waals surface area contributed by atoms with E-state index < -0.39 is 0 Å². The number of benzene rings is 3. The highest BCUT2D eigenvalue weighted by Crippen LogP contribution is 2.36. The van der Waals surface area contributed by atoms with Crippen LogP contribution < -0.4 is 10.1 Å². The van der Waals surface area contributed by atoms with Gasteiger partial charge in [0.15, 0.2) is 0 Å². The summed E-state index contributed by atoms with van der Waals surface area (Å²) < 4.78 is 11.7. The summed E-state index contributed by atoms with van der Waals surface area (Å²) in [6, 6.07) is 33.4. The number of alkyl carbamates (subject to hydrolysis) is 1. The molecule has 192 valence electrons. The Balaban J connectivity index is 1.13. The molecule has 3 heterocycles. The lowest BCUT2D eigenvalue weighted by Crippen LogP contribution is -2.47. The Kier molecular flexibility index (Phi) is 6.80. The van der Waals surface area contributed by atoms with E-state index in [9.17, 15) is 4.79 Å². The average Bonchev–Trinajstić information content (AvgIpc) is 3.34. The van der Waals surface area contributed by atoms with E-state index in [4.69, 9.17) is 9.47 Å². The van der Waals surface area contributed by atoms with Gasteiger partial charge in [-0.15, -0.1) is 0 Å². The highest BCUT2D eigenvalue weighted by molar-refractivity contribution is 5.70. The normalized spacial score (nSPS) is 17.5. The molecule has 2 aliphatic heterocycles. The Labute approximate surface area is 223 Å². The number of rotatable bonds is 7. The van der Waals surface area contributed by atoms with Crippen LogP contribution in [-0.2, 0) is 11.3 Å². The first kappa shape index (κ1) is 24.2. The van der Waals surface area contributed by atoms with Crippen molar-refractivity contribution in [3.8, 4) is 16.9 Å². The molecule has 0 bridgehead atoms. The van der Waals surface area contributed by atoms with Gasteiger partial charge in [0, 0.05) is 37.7 Å². The Hall–Kier alpha value is -4.16. The van der Waals surface area contributed by atoms with Crippen molar-refractivity contribution in [3.05, 3.63) is 120 Å². The third-order valence-electron chi connectivity index (χ3n) is 7.57. The highest BCUT2D eigenvalue weighted by Gasteiger charge is 2.44. The van der Waals surface area contributed by atoms with Crippen LogP contribution in [0, 0.1) is 0 Å². The molecule has 0 saturated carbocycles. The number of nitrogens with zero attached hydrogens (tertiary/aromatic N) is 2. The van der Waals surface area contributed by atoms with E-state index >= 15 is 0 Å². The van der Waals surface area contributed by atoms with Gasteiger partial charge in [0.25, 0.3) is 0 Å². The molecule has 0 radical (unpaired) electrons. The molecule has 6 nitrogen and oxygen atoms in total. The molecule has 1 unspecified atom stereocenters. The minimum absolute atomic E-state index is 0.125. The maximum atomic E-state index is 11.7. The van der Waals surface area contributed by atoms with Gasteiger partial charge >= 0.3 is 6.09 Å². The Morgan fingerprint density at radius 2 is 1.53 bits per heavy atom. The quantitative estimate of drug-likeness (QED) is 0.334. The maximum Gasteiger partial charge on any atom is 0.407 e. The van der Waals surface area contributed by atoms with E-state index in [1.165, 1.54) is 11.1 Å². The van der Waals surface area contributed by atoms with Gasteiger partial charge in [-0.2, -0.15) is 0 Å².